The Morgan fingerprint density at radius 2 is 2.42 bits per heavy atom. The number of esters is 1. The topological polar surface area (TPSA) is 50.4 Å². The summed E-state index contributed by atoms with van der Waals surface area (Å²) in [4.78, 5) is 11.6. The third-order valence-corrected chi connectivity index (χ3v) is 3.37. The van der Waals surface area contributed by atoms with E-state index < -0.39 is 11.8 Å². The summed E-state index contributed by atoms with van der Waals surface area (Å²) in [6.45, 7) is 2.81. The summed E-state index contributed by atoms with van der Waals surface area (Å²) in [7, 11) is 1.29. The highest BCUT2D eigenvalue weighted by atomic mass is 19.1. The minimum absolute atomic E-state index is 0.242. The minimum atomic E-state index is -0.524. The third kappa shape index (κ3) is 3.67. The Kier molecular flexibility index (Phi) is 4.74. The number of carbonyl (C=O) groups excluding carboxylic acids is 1. The van der Waals surface area contributed by atoms with E-state index in [1.165, 1.54) is 25.7 Å². The van der Waals surface area contributed by atoms with Gasteiger partial charge in [-0.1, -0.05) is 0 Å². The molecule has 1 unspecified atom stereocenters. The smallest absolute Gasteiger partial charge is 0.340 e. The van der Waals surface area contributed by atoms with Gasteiger partial charge in [-0.05, 0) is 50.0 Å². The van der Waals surface area contributed by atoms with Crippen molar-refractivity contribution in [1.82, 2.24) is 5.32 Å². The molecule has 1 aromatic rings. The number of nitrogens with one attached hydrogen (secondary N) is 2. The third-order valence-electron chi connectivity index (χ3n) is 3.37. The van der Waals surface area contributed by atoms with Crippen molar-refractivity contribution >= 4 is 11.7 Å². The first-order chi connectivity index (χ1) is 9.20. The van der Waals surface area contributed by atoms with Gasteiger partial charge in [0.2, 0.25) is 0 Å². The highest BCUT2D eigenvalue weighted by Gasteiger charge is 2.16. The van der Waals surface area contributed by atoms with Crippen molar-refractivity contribution in [1.29, 1.82) is 0 Å². The molecule has 1 aromatic carbocycles. The Balaban J connectivity index is 2.04. The van der Waals surface area contributed by atoms with Gasteiger partial charge >= 0.3 is 5.97 Å². The molecule has 1 saturated heterocycles. The lowest BCUT2D eigenvalue weighted by atomic mass is 9.99. The zero-order valence-electron chi connectivity index (χ0n) is 11.0. The maximum atomic E-state index is 13.2. The Morgan fingerprint density at radius 1 is 1.58 bits per heavy atom. The second-order valence-electron chi connectivity index (χ2n) is 4.77. The fourth-order valence-electron chi connectivity index (χ4n) is 2.30. The summed E-state index contributed by atoms with van der Waals surface area (Å²) in [5.41, 5.74) is 0.866. The first-order valence-corrected chi connectivity index (χ1v) is 6.53. The van der Waals surface area contributed by atoms with Crippen molar-refractivity contribution in [2.75, 3.05) is 32.1 Å². The van der Waals surface area contributed by atoms with Crippen molar-refractivity contribution in [3.8, 4) is 0 Å². The molecular weight excluding hydrogens is 247 g/mol. The molecule has 5 heteroatoms. The average Bonchev–Trinajstić information content (AvgIpc) is 2.46. The van der Waals surface area contributed by atoms with Crippen molar-refractivity contribution in [2.45, 2.75) is 12.8 Å². The molecule has 0 spiro atoms. The monoisotopic (exact) mass is 266 g/mol. The molecular formula is C14H19FN2O2. The molecule has 0 amide bonds. The van der Waals surface area contributed by atoms with E-state index in [1.807, 2.05) is 0 Å². The number of piperidine rings is 1. The zero-order chi connectivity index (χ0) is 13.7. The fourth-order valence-corrected chi connectivity index (χ4v) is 2.30. The molecule has 2 N–H and O–H groups in total. The molecule has 1 atom stereocenters. The van der Waals surface area contributed by atoms with E-state index in [1.54, 1.807) is 6.07 Å². The molecule has 4 nitrogen and oxygen atoms in total. The highest BCUT2D eigenvalue weighted by molar-refractivity contribution is 5.95. The number of rotatable bonds is 4. The molecule has 104 valence electrons. The number of anilines is 1. The lowest BCUT2D eigenvalue weighted by Crippen LogP contribution is -2.33. The predicted molar refractivity (Wildman–Crippen MR) is 71.8 cm³/mol. The zero-order valence-corrected chi connectivity index (χ0v) is 11.0. The number of benzene rings is 1. The SMILES string of the molecule is COC(=O)c1cc(F)ccc1NCC1CCCNC1. The van der Waals surface area contributed by atoms with Crippen LogP contribution in [0, 0.1) is 11.7 Å². The van der Waals surface area contributed by atoms with Gasteiger partial charge < -0.3 is 15.4 Å². The van der Waals surface area contributed by atoms with Crippen molar-refractivity contribution in [3.63, 3.8) is 0 Å². The number of halogens is 1. The molecule has 2 rings (SSSR count). The van der Waals surface area contributed by atoms with Crippen LogP contribution in [0.1, 0.15) is 23.2 Å². The first kappa shape index (κ1) is 13.8. The molecule has 0 saturated carbocycles. The molecule has 1 aliphatic rings. The van der Waals surface area contributed by atoms with Crippen molar-refractivity contribution < 1.29 is 13.9 Å². The predicted octanol–water partition coefficient (Wildman–Crippen LogP) is 2.02. The average molecular weight is 266 g/mol. The lowest BCUT2D eigenvalue weighted by molar-refractivity contribution is 0.0601. The molecule has 0 aromatic heterocycles. The van der Waals surface area contributed by atoms with Crippen LogP contribution >= 0.6 is 0 Å². The first-order valence-electron chi connectivity index (χ1n) is 6.53. The maximum absolute atomic E-state index is 13.2. The van der Waals surface area contributed by atoms with Crippen molar-refractivity contribution in [2.24, 2.45) is 5.92 Å². The van der Waals surface area contributed by atoms with E-state index in [0.29, 0.717) is 11.6 Å². The van der Waals surface area contributed by atoms with E-state index in [0.717, 1.165) is 26.1 Å². The summed E-state index contributed by atoms with van der Waals surface area (Å²) in [5.74, 6) is -0.432. The number of hydrogen-bond acceptors (Lipinski definition) is 4. The Labute approximate surface area is 112 Å². The van der Waals surface area contributed by atoms with Crippen molar-refractivity contribution in [3.05, 3.63) is 29.6 Å². The summed E-state index contributed by atoms with van der Waals surface area (Å²) < 4.78 is 17.9. The number of methoxy groups -OCH3 is 1. The Hall–Kier alpha value is -1.62. The van der Waals surface area contributed by atoms with Gasteiger partial charge in [-0.15, -0.1) is 0 Å². The van der Waals surface area contributed by atoms with Crippen LogP contribution < -0.4 is 10.6 Å². The summed E-state index contributed by atoms with van der Waals surface area (Å²) in [6, 6.07) is 4.12. The van der Waals surface area contributed by atoms with Crippen LogP contribution in [0.4, 0.5) is 10.1 Å². The maximum Gasteiger partial charge on any atom is 0.340 e. The summed E-state index contributed by atoms with van der Waals surface area (Å²) in [5, 5.41) is 6.56. The number of hydrogen-bond donors (Lipinski definition) is 2. The molecule has 1 fully saturated rings. The van der Waals surface area contributed by atoms with Crippen LogP contribution in [0.15, 0.2) is 18.2 Å². The molecule has 1 heterocycles. The molecule has 0 radical (unpaired) electrons. The van der Waals surface area contributed by atoms with Gasteiger partial charge in [0.25, 0.3) is 0 Å². The summed E-state index contributed by atoms with van der Waals surface area (Å²) in [6.07, 6.45) is 2.33. The van der Waals surface area contributed by atoms with Gasteiger partial charge in [0.1, 0.15) is 5.82 Å². The van der Waals surface area contributed by atoms with E-state index in [4.69, 9.17) is 0 Å². The standard InChI is InChI=1S/C14H19FN2O2/c1-19-14(18)12-7-11(15)4-5-13(12)17-9-10-3-2-6-16-8-10/h4-5,7,10,16-17H,2-3,6,8-9H2,1H3. The molecule has 19 heavy (non-hydrogen) atoms. The highest BCUT2D eigenvalue weighted by Crippen LogP contribution is 2.19. The number of ether oxygens (including phenoxy) is 1. The van der Waals surface area contributed by atoms with E-state index in [9.17, 15) is 9.18 Å². The van der Waals surface area contributed by atoms with Gasteiger partial charge in [0.05, 0.1) is 12.7 Å². The van der Waals surface area contributed by atoms with Gasteiger partial charge in [-0.25, -0.2) is 9.18 Å². The van der Waals surface area contributed by atoms with Crippen LogP contribution in [0.2, 0.25) is 0 Å². The van der Waals surface area contributed by atoms with Gasteiger partial charge in [0, 0.05) is 12.2 Å². The fraction of sp³-hybridized carbons (Fsp3) is 0.500. The number of carbonyl (C=O) groups is 1. The molecule has 0 bridgehead atoms. The van der Waals surface area contributed by atoms with Gasteiger partial charge in [-0.3, -0.25) is 0 Å². The molecule has 1 aliphatic heterocycles. The second-order valence-corrected chi connectivity index (χ2v) is 4.77. The second kappa shape index (κ2) is 6.52. The van der Waals surface area contributed by atoms with Crippen LogP contribution in [0.5, 0.6) is 0 Å². The molecule has 0 aliphatic carbocycles. The minimum Gasteiger partial charge on any atom is -0.465 e. The van der Waals surface area contributed by atoms with E-state index in [-0.39, 0.29) is 5.56 Å². The van der Waals surface area contributed by atoms with Gasteiger partial charge in [0.15, 0.2) is 0 Å². The van der Waals surface area contributed by atoms with E-state index in [2.05, 4.69) is 15.4 Å². The Bertz CT molecular complexity index is 445. The van der Waals surface area contributed by atoms with Gasteiger partial charge in [-0.2, -0.15) is 0 Å². The van der Waals surface area contributed by atoms with Crippen LogP contribution in [0.3, 0.4) is 0 Å². The van der Waals surface area contributed by atoms with Crippen LogP contribution in [-0.4, -0.2) is 32.7 Å². The Morgan fingerprint density at radius 3 is 3.11 bits per heavy atom. The largest absolute Gasteiger partial charge is 0.465 e. The van der Waals surface area contributed by atoms with Crippen LogP contribution in [0.25, 0.3) is 0 Å². The summed E-state index contributed by atoms with van der Waals surface area (Å²) >= 11 is 0. The van der Waals surface area contributed by atoms with Crippen LogP contribution in [-0.2, 0) is 4.74 Å². The normalized spacial score (nSPS) is 18.9. The lowest BCUT2D eigenvalue weighted by Gasteiger charge is -2.23. The quantitative estimate of drug-likeness (QED) is 0.819. The van der Waals surface area contributed by atoms with E-state index >= 15 is 0 Å².